The topological polar surface area (TPSA) is 58.2 Å². The van der Waals surface area contributed by atoms with Gasteiger partial charge < -0.3 is 25.8 Å². The maximum absolute atomic E-state index is 13.8. The van der Waals surface area contributed by atoms with Crippen LogP contribution in [0.5, 0.6) is 0 Å². The van der Waals surface area contributed by atoms with E-state index in [9.17, 15) is 4.39 Å². The number of hydrogen-bond acceptors (Lipinski definition) is 4. The first-order valence-electron chi connectivity index (χ1n) is 12.7. The zero-order valence-electron chi connectivity index (χ0n) is 22.5. The molecule has 4 atom stereocenters. The zero-order chi connectivity index (χ0) is 26.4. The molecule has 0 radical (unpaired) electrons. The van der Waals surface area contributed by atoms with E-state index in [2.05, 4.69) is 88.9 Å². The van der Waals surface area contributed by atoms with Crippen molar-refractivity contribution in [3.8, 4) is 0 Å². The van der Waals surface area contributed by atoms with Crippen molar-refractivity contribution >= 4 is 20.6 Å². The predicted molar refractivity (Wildman–Crippen MR) is 154 cm³/mol. The van der Waals surface area contributed by atoms with Crippen molar-refractivity contribution in [3.63, 3.8) is 0 Å². The van der Waals surface area contributed by atoms with Gasteiger partial charge in [0.25, 0.3) is 0 Å². The van der Waals surface area contributed by atoms with Gasteiger partial charge in [-0.05, 0) is 75.5 Å². The molecule has 1 aromatic heterocycles. The maximum atomic E-state index is 13.8. The number of nitrogens with two attached hydrogens (primary N) is 1. The molecule has 2 fully saturated rings. The molecule has 1 aliphatic carbocycles. The quantitative estimate of drug-likeness (QED) is 0.357. The van der Waals surface area contributed by atoms with Crippen LogP contribution >= 0.6 is 9.24 Å². The molecular weight excluding hydrogens is 468 g/mol. The third-order valence-electron chi connectivity index (χ3n) is 8.22. The fourth-order valence-corrected chi connectivity index (χ4v) is 6.02. The molecule has 3 aliphatic rings. The largest absolute Gasteiger partial charge is 0.386 e. The van der Waals surface area contributed by atoms with Gasteiger partial charge in [-0.3, -0.25) is 0 Å². The second-order valence-electron chi connectivity index (χ2n) is 10.6. The van der Waals surface area contributed by atoms with E-state index < -0.39 is 5.83 Å². The Labute approximate surface area is 218 Å². The van der Waals surface area contributed by atoms with Gasteiger partial charge in [0.1, 0.15) is 5.83 Å². The van der Waals surface area contributed by atoms with Gasteiger partial charge in [0.2, 0.25) is 0 Å². The average molecular weight is 510 g/mol. The monoisotopic (exact) mass is 509 g/mol. The van der Waals surface area contributed by atoms with Crippen LogP contribution in [0.1, 0.15) is 49.2 Å². The molecule has 2 aliphatic heterocycles. The Bertz CT molecular complexity index is 1230. The minimum atomic E-state index is -0.468. The van der Waals surface area contributed by atoms with Crippen LogP contribution in [-0.2, 0) is 7.05 Å². The molecule has 1 saturated heterocycles. The molecule has 194 valence electrons. The van der Waals surface area contributed by atoms with Crippen molar-refractivity contribution in [3.05, 3.63) is 81.9 Å². The van der Waals surface area contributed by atoms with E-state index in [0.29, 0.717) is 6.04 Å². The summed E-state index contributed by atoms with van der Waals surface area (Å²) in [4.78, 5) is 2.54. The van der Waals surface area contributed by atoms with E-state index in [1.165, 1.54) is 28.5 Å². The summed E-state index contributed by atoms with van der Waals surface area (Å²) in [5.74, 6) is 1.56. The predicted octanol–water partition coefficient (Wildman–Crippen LogP) is 5.03. The van der Waals surface area contributed by atoms with Gasteiger partial charge in [0.05, 0.1) is 17.4 Å². The highest BCUT2D eigenvalue weighted by Gasteiger charge is 2.56. The summed E-state index contributed by atoms with van der Waals surface area (Å²) >= 11 is 0. The number of nitrogens with zero attached hydrogens (tertiary/aromatic N) is 2. The number of nitrogens with one attached hydrogen (secondary N) is 2. The zero-order valence-corrected chi connectivity index (χ0v) is 23.7. The highest BCUT2D eigenvalue weighted by molar-refractivity contribution is 7.20. The fourth-order valence-electron chi connectivity index (χ4n) is 5.92. The molecule has 1 spiro atoms. The van der Waals surface area contributed by atoms with Crippen LogP contribution in [0.2, 0.25) is 0 Å². The van der Waals surface area contributed by atoms with E-state index in [1.807, 2.05) is 12.9 Å². The van der Waals surface area contributed by atoms with Gasteiger partial charge in [-0.2, -0.15) is 0 Å². The number of allylic oxidation sites excluding steroid dienone is 5. The van der Waals surface area contributed by atoms with Crippen LogP contribution in [0, 0.1) is 19.3 Å². The Kier molecular flexibility index (Phi) is 7.41. The van der Waals surface area contributed by atoms with Crippen molar-refractivity contribution in [2.75, 3.05) is 20.1 Å². The normalized spacial score (nSPS) is 27.7. The van der Waals surface area contributed by atoms with Crippen LogP contribution in [0.15, 0.2) is 59.4 Å². The summed E-state index contributed by atoms with van der Waals surface area (Å²) in [7, 11) is 6.54. The number of hydrogen-bond donors (Lipinski definition) is 3. The standard InChI is InChI=1S/C29H41FN5P/c1-17(15-36)12-22-8-9-23(33-22)19(3)28(35-11-10-29(16-35)14-25(29)31)26-20(4)27(34(7)21(26)5)24(32-6)13-18(2)30/h8-9,12-13,15,23,25,32-33H,2,10-11,14,16,31,36H2,1,3-7H3/b17-15-,22-12-,24-13+,28-19-. The summed E-state index contributed by atoms with van der Waals surface area (Å²) in [6.07, 6.45) is 10.3. The Balaban J connectivity index is 1.84. The molecule has 1 aromatic rings. The van der Waals surface area contributed by atoms with Gasteiger partial charge in [-0.1, -0.05) is 18.5 Å². The van der Waals surface area contributed by atoms with Crippen molar-refractivity contribution in [2.24, 2.45) is 18.2 Å². The third kappa shape index (κ3) is 4.73. The van der Waals surface area contributed by atoms with Crippen molar-refractivity contribution in [1.82, 2.24) is 20.1 Å². The van der Waals surface area contributed by atoms with E-state index in [1.54, 1.807) is 0 Å². The Hall–Kier alpha value is -2.56. The molecular formula is C29H41FN5P. The lowest BCUT2D eigenvalue weighted by Gasteiger charge is -2.28. The third-order valence-corrected chi connectivity index (χ3v) is 8.75. The minimum absolute atomic E-state index is 0.0976. The molecule has 5 nitrogen and oxygen atoms in total. The first-order valence-corrected chi connectivity index (χ1v) is 13.4. The van der Waals surface area contributed by atoms with Gasteiger partial charge >= 0.3 is 0 Å². The molecule has 4 rings (SSSR count). The molecule has 1 saturated carbocycles. The van der Waals surface area contributed by atoms with E-state index in [4.69, 9.17) is 5.73 Å². The van der Waals surface area contributed by atoms with Crippen LogP contribution in [0.3, 0.4) is 0 Å². The smallest absolute Gasteiger partial charge is 0.118 e. The molecule has 0 amide bonds. The Morgan fingerprint density at radius 2 is 2.06 bits per heavy atom. The SMILES string of the molecule is C=C(F)/C=C(/NC)c1c(C)c(/C(=C(\C)C2C=C/C(=C/C(C)=C\P)N2)N2CCC3(CC3N)C2)c(C)n1C. The second-order valence-corrected chi connectivity index (χ2v) is 10.9. The lowest BCUT2D eigenvalue weighted by Crippen LogP contribution is -2.29. The fraction of sp³-hybridized carbons (Fsp3) is 0.448. The molecule has 4 unspecified atom stereocenters. The van der Waals surface area contributed by atoms with Gasteiger partial charge in [-0.25, -0.2) is 4.39 Å². The van der Waals surface area contributed by atoms with Crippen molar-refractivity contribution in [2.45, 2.75) is 52.6 Å². The summed E-state index contributed by atoms with van der Waals surface area (Å²) in [5, 5.41) is 6.87. The molecule has 0 bridgehead atoms. The summed E-state index contributed by atoms with van der Waals surface area (Å²) in [6, 6.07) is 0.396. The highest BCUT2D eigenvalue weighted by Crippen LogP contribution is 2.53. The summed E-state index contributed by atoms with van der Waals surface area (Å²) < 4.78 is 16.0. The van der Waals surface area contributed by atoms with Gasteiger partial charge in [-0.15, -0.1) is 9.24 Å². The second kappa shape index (κ2) is 10.1. The molecule has 7 heteroatoms. The first kappa shape index (κ1) is 26.5. The van der Waals surface area contributed by atoms with Crippen molar-refractivity contribution < 1.29 is 4.39 Å². The van der Waals surface area contributed by atoms with Crippen LogP contribution < -0.4 is 16.4 Å². The minimum Gasteiger partial charge on any atom is -0.386 e. The number of likely N-dealkylation sites (tertiary alicyclic amines) is 1. The van der Waals surface area contributed by atoms with E-state index in [0.717, 1.165) is 54.3 Å². The lowest BCUT2D eigenvalue weighted by molar-refractivity contribution is 0.439. The molecule has 0 aromatic carbocycles. The van der Waals surface area contributed by atoms with Crippen molar-refractivity contribution in [1.29, 1.82) is 0 Å². The van der Waals surface area contributed by atoms with Gasteiger partial charge in [0, 0.05) is 61.3 Å². The highest BCUT2D eigenvalue weighted by atomic mass is 31.0. The van der Waals surface area contributed by atoms with Crippen LogP contribution in [-0.4, -0.2) is 41.7 Å². The molecule has 36 heavy (non-hydrogen) atoms. The Morgan fingerprint density at radius 1 is 1.36 bits per heavy atom. The number of halogens is 1. The summed E-state index contributed by atoms with van der Waals surface area (Å²) in [5.41, 5.74) is 16.7. The van der Waals surface area contributed by atoms with Crippen LogP contribution in [0.25, 0.3) is 11.4 Å². The first-order chi connectivity index (χ1) is 17.0. The maximum Gasteiger partial charge on any atom is 0.118 e. The molecule has 3 heterocycles. The summed E-state index contributed by atoms with van der Waals surface area (Å²) in [6.45, 7) is 14.1. The number of aromatic nitrogens is 1. The van der Waals surface area contributed by atoms with E-state index in [-0.39, 0.29) is 11.5 Å². The number of rotatable bonds is 7. The van der Waals surface area contributed by atoms with E-state index >= 15 is 0 Å². The molecule has 4 N–H and O–H groups in total. The lowest BCUT2D eigenvalue weighted by atomic mass is 9.97. The van der Waals surface area contributed by atoms with Gasteiger partial charge in [0.15, 0.2) is 0 Å². The Morgan fingerprint density at radius 3 is 2.61 bits per heavy atom. The average Bonchev–Trinajstić information content (AvgIpc) is 3.19. The van der Waals surface area contributed by atoms with Crippen LogP contribution in [0.4, 0.5) is 4.39 Å².